The van der Waals surface area contributed by atoms with E-state index in [1.165, 1.54) is 31.9 Å². The summed E-state index contributed by atoms with van der Waals surface area (Å²) in [6, 6.07) is 9.20. The van der Waals surface area contributed by atoms with Gasteiger partial charge in [-0.1, -0.05) is 7.66 Å². The minimum absolute atomic E-state index is 0.109. The van der Waals surface area contributed by atoms with Crippen molar-refractivity contribution in [2.75, 3.05) is 62.3 Å². The standard InChI is InChI=1S/C27H35IN4O3S/c1-18-14-20(30-6-8-32(9-7-30)26(33)35-27(3,4)5)16-22-24(18)29-25-19(2)15-21(17-23(25)36(22)28)31-10-12-34-13-11-31/h14-17H,6-13H2,1-5H3. The lowest BCUT2D eigenvalue weighted by Crippen LogP contribution is -2.50. The number of hydrogen-bond donors (Lipinski definition) is 0. The van der Waals surface area contributed by atoms with Gasteiger partial charge in [0.25, 0.3) is 0 Å². The fourth-order valence-electron chi connectivity index (χ4n) is 4.91. The summed E-state index contributed by atoms with van der Waals surface area (Å²) < 4.78 is 12.4. The largest absolute Gasteiger partial charge is 0.444 e. The lowest BCUT2D eigenvalue weighted by atomic mass is 10.1. The van der Waals surface area contributed by atoms with Gasteiger partial charge >= 0.3 is 6.09 Å². The zero-order valence-electron chi connectivity index (χ0n) is 21.8. The van der Waals surface area contributed by atoms with Gasteiger partial charge in [0.1, 0.15) is 5.60 Å². The Bertz CT molecular complexity index is 1310. The molecule has 5 rings (SSSR count). The molecule has 0 saturated carbocycles. The Balaban J connectivity index is 1.44. The van der Waals surface area contributed by atoms with E-state index in [0.717, 1.165) is 50.4 Å². The summed E-state index contributed by atoms with van der Waals surface area (Å²) in [7, 11) is -0.109. The Morgan fingerprint density at radius 2 is 1.56 bits per heavy atom. The van der Waals surface area contributed by atoms with Crippen LogP contribution in [0.3, 0.4) is 0 Å². The predicted molar refractivity (Wildman–Crippen MR) is 155 cm³/mol. The first-order valence-corrected chi connectivity index (χ1v) is 16.3. The van der Waals surface area contributed by atoms with Crippen molar-refractivity contribution in [2.45, 2.75) is 45.1 Å². The van der Waals surface area contributed by atoms with Crippen LogP contribution in [0.25, 0.3) is 0 Å². The molecule has 2 saturated heterocycles. The van der Waals surface area contributed by atoms with Gasteiger partial charge in [-0.2, -0.15) is 0 Å². The van der Waals surface area contributed by atoms with Crippen LogP contribution in [0.1, 0.15) is 31.9 Å². The predicted octanol–water partition coefficient (Wildman–Crippen LogP) is 5.39. The van der Waals surface area contributed by atoms with Crippen molar-refractivity contribution in [1.29, 1.82) is 0 Å². The number of fused-ring (bicyclic) bond motifs is 2. The van der Waals surface area contributed by atoms with E-state index in [4.69, 9.17) is 14.5 Å². The second kappa shape index (κ2) is 10.1. The first kappa shape index (κ1) is 25.8. The average molecular weight is 623 g/mol. The van der Waals surface area contributed by atoms with Crippen LogP contribution in [0.4, 0.5) is 21.9 Å². The maximum absolute atomic E-state index is 12.5. The van der Waals surface area contributed by atoms with Crippen LogP contribution < -0.4 is 15.2 Å². The smallest absolute Gasteiger partial charge is 0.410 e. The van der Waals surface area contributed by atoms with Crippen LogP contribution in [0.2, 0.25) is 0 Å². The molecule has 194 valence electrons. The van der Waals surface area contributed by atoms with Crippen LogP contribution in [0, 0.1) is 18.4 Å². The molecule has 2 fully saturated rings. The zero-order valence-corrected chi connectivity index (χ0v) is 24.7. The number of carbonyl (C=O) groups excluding carboxylic acids is 1. The van der Waals surface area contributed by atoms with Gasteiger partial charge in [-0.25, -0.2) is 9.79 Å². The molecule has 2 aromatic rings. The Morgan fingerprint density at radius 3 is 2.22 bits per heavy atom. The number of carbonyl (C=O) groups is 1. The molecule has 0 aliphatic carbocycles. The first-order valence-electron chi connectivity index (χ1n) is 12.6. The van der Waals surface area contributed by atoms with Crippen molar-refractivity contribution in [3.05, 3.63) is 45.3 Å². The fourth-order valence-corrected chi connectivity index (χ4v) is 8.36. The minimum Gasteiger partial charge on any atom is -0.444 e. The minimum atomic E-state index is -0.472. The van der Waals surface area contributed by atoms with Crippen molar-refractivity contribution in [3.63, 3.8) is 0 Å². The highest BCUT2D eigenvalue weighted by atomic mass is 127. The maximum Gasteiger partial charge on any atom is 0.410 e. The van der Waals surface area contributed by atoms with E-state index in [1.807, 2.05) is 25.7 Å². The van der Waals surface area contributed by atoms with Crippen LogP contribution in [-0.2, 0) is 9.47 Å². The number of anilines is 2. The molecule has 36 heavy (non-hydrogen) atoms. The number of halogens is 1. The van der Waals surface area contributed by atoms with E-state index >= 15 is 0 Å². The highest BCUT2D eigenvalue weighted by Gasteiger charge is 2.27. The molecular formula is C27H35IN4O3S. The number of ether oxygens (including phenoxy) is 2. The average Bonchev–Trinajstić information content (AvgIpc) is 2.84. The summed E-state index contributed by atoms with van der Waals surface area (Å²) >= 11 is 2.61. The van der Waals surface area contributed by atoms with Gasteiger partial charge in [-0.05, 0) is 91.2 Å². The molecule has 0 N–H and O–H groups in total. The molecule has 3 heterocycles. The highest BCUT2D eigenvalue weighted by molar-refractivity contribution is 14.2. The van der Waals surface area contributed by atoms with E-state index in [9.17, 15) is 4.79 Å². The van der Waals surface area contributed by atoms with Gasteiger partial charge in [-0.15, -0.1) is 0 Å². The highest BCUT2D eigenvalue weighted by Crippen LogP contribution is 2.48. The molecule has 1 atom stereocenters. The monoisotopic (exact) mass is 622 g/mol. The fraction of sp³-hybridized carbons (Fsp3) is 0.519. The van der Waals surface area contributed by atoms with Crippen LogP contribution in [0.5, 0.6) is 0 Å². The molecule has 2 aromatic carbocycles. The Labute approximate surface area is 228 Å². The van der Waals surface area contributed by atoms with E-state index in [-0.39, 0.29) is 13.7 Å². The molecule has 9 heteroatoms. The maximum atomic E-state index is 12.5. The number of benzene rings is 2. The molecule has 1 amide bonds. The summed E-state index contributed by atoms with van der Waals surface area (Å²) in [6.45, 7) is 16.4. The second-order valence-electron chi connectivity index (χ2n) is 10.6. The Morgan fingerprint density at radius 1 is 0.944 bits per heavy atom. The van der Waals surface area contributed by atoms with Crippen LogP contribution in [0.15, 0.2) is 34.2 Å². The summed E-state index contributed by atoms with van der Waals surface area (Å²) in [6.07, 6.45) is -0.223. The molecular weight excluding hydrogens is 587 g/mol. The third kappa shape index (κ3) is 5.24. The first-order chi connectivity index (χ1) is 17.1. The molecule has 3 aliphatic rings. The molecule has 0 radical (unpaired) electrons. The number of aryl methyl sites for hydroxylation is 2. The quantitative estimate of drug-likeness (QED) is 0.332. The molecule has 7 nitrogen and oxygen atoms in total. The lowest BCUT2D eigenvalue weighted by Gasteiger charge is -2.37. The molecule has 0 bridgehead atoms. The van der Waals surface area contributed by atoms with Gasteiger partial charge in [0.05, 0.1) is 24.3 Å². The number of nitrogens with zero attached hydrogens (tertiary/aromatic N) is 4. The van der Waals surface area contributed by atoms with Crippen LogP contribution in [-0.4, -0.2) is 69.1 Å². The molecule has 1 unspecified atom stereocenters. The van der Waals surface area contributed by atoms with Gasteiger partial charge < -0.3 is 24.2 Å². The lowest BCUT2D eigenvalue weighted by molar-refractivity contribution is 0.0240. The van der Waals surface area contributed by atoms with Crippen molar-refractivity contribution in [2.24, 2.45) is 4.99 Å². The van der Waals surface area contributed by atoms with Gasteiger partial charge in [0.2, 0.25) is 0 Å². The summed E-state index contributed by atoms with van der Waals surface area (Å²) in [5, 5.41) is 1.11. The van der Waals surface area contributed by atoms with Crippen molar-refractivity contribution in [3.8, 4) is 0 Å². The number of morpholine rings is 1. The number of amides is 1. The Kier molecular flexibility index (Phi) is 7.26. The SMILES string of the molecule is Cc1cc(N2CCOCC2)cc2c1N=c1c(C)cc(N3CCN(C(=O)OC(C)(C)C)CC3)cc1=S2I. The zero-order chi connectivity index (χ0) is 25.6. The molecule has 0 spiro atoms. The van der Waals surface area contributed by atoms with Crippen LogP contribution >= 0.6 is 28.9 Å². The summed E-state index contributed by atoms with van der Waals surface area (Å²) in [5.74, 6) is 0. The van der Waals surface area contributed by atoms with Crippen molar-refractivity contribution in [1.82, 2.24) is 4.90 Å². The normalized spacial score (nSPS) is 19.9. The number of rotatable bonds is 2. The van der Waals surface area contributed by atoms with E-state index in [1.54, 1.807) is 0 Å². The molecule has 3 aliphatic heterocycles. The summed E-state index contributed by atoms with van der Waals surface area (Å²) in [5.41, 5.74) is 5.57. The van der Waals surface area contributed by atoms with E-state index < -0.39 is 5.60 Å². The van der Waals surface area contributed by atoms with Gasteiger partial charge in [0, 0.05) is 60.0 Å². The topological polar surface area (TPSA) is 57.6 Å². The van der Waals surface area contributed by atoms with Crippen molar-refractivity contribution >= 4 is 52.0 Å². The number of hydrogen-bond acceptors (Lipinski definition) is 6. The number of piperazine rings is 1. The van der Waals surface area contributed by atoms with E-state index in [0.29, 0.717) is 13.1 Å². The van der Waals surface area contributed by atoms with E-state index in [2.05, 4.69) is 69.1 Å². The van der Waals surface area contributed by atoms with Gasteiger partial charge in [-0.3, -0.25) is 0 Å². The summed E-state index contributed by atoms with van der Waals surface area (Å²) in [4.78, 5) is 25.6. The Hall–Kier alpha value is -1.85. The third-order valence-electron chi connectivity index (χ3n) is 6.78. The second-order valence-corrected chi connectivity index (χ2v) is 14.7. The van der Waals surface area contributed by atoms with Gasteiger partial charge in [0.15, 0.2) is 0 Å². The molecule has 0 aromatic heterocycles. The van der Waals surface area contributed by atoms with Crippen molar-refractivity contribution < 1.29 is 14.3 Å². The third-order valence-corrected chi connectivity index (χ3v) is 11.0.